The van der Waals surface area contributed by atoms with Crippen LogP contribution in [0.15, 0.2) is 46.9 Å². The highest BCUT2D eigenvalue weighted by atomic mass is 79.9. The van der Waals surface area contributed by atoms with Crippen molar-refractivity contribution in [2.75, 3.05) is 25.0 Å². The van der Waals surface area contributed by atoms with Crippen molar-refractivity contribution < 1.29 is 14.2 Å². The smallest absolute Gasteiger partial charge is 0.147 e. The average molecular weight is 475 g/mol. The second-order valence-corrected chi connectivity index (χ2v) is 9.69. The molecule has 0 spiro atoms. The van der Waals surface area contributed by atoms with Crippen LogP contribution < -0.4 is 5.32 Å². The highest BCUT2D eigenvalue weighted by molar-refractivity contribution is 9.10. The summed E-state index contributed by atoms with van der Waals surface area (Å²) < 4.78 is 22.3. The first-order valence-corrected chi connectivity index (χ1v) is 11.7. The maximum atomic E-state index is 14.9. The molecule has 0 saturated carbocycles. The summed E-state index contributed by atoms with van der Waals surface area (Å²) in [6.07, 6.45) is 4.14. The third-order valence-corrected chi connectivity index (χ3v) is 7.43. The van der Waals surface area contributed by atoms with Crippen LogP contribution in [0.3, 0.4) is 0 Å². The van der Waals surface area contributed by atoms with E-state index in [1.807, 2.05) is 24.3 Å². The van der Waals surface area contributed by atoms with Gasteiger partial charge in [0.25, 0.3) is 0 Å². The summed E-state index contributed by atoms with van der Waals surface area (Å²) >= 11 is 3.46. The first-order chi connectivity index (χ1) is 14.6. The standard InChI is InChI=1S/C24H28BrFN2O2/c25-16-11-20-23(21(26)12-16)27-22(15-5-2-1-3-6-15)19-9-8-18(30-24(19)20)13-28-10-4-7-17(28)14-29/h1-3,5-6,11-12,17-19,22,24,27,29H,4,7-10,13-14H2/t17-,18+,19-,22-,24-/m0/s1. The van der Waals surface area contributed by atoms with E-state index < -0.39 is 0 Å². The Morgan fingerprint density at radius 3 is 2.80 bits per heavy atom. The molecule has 0 bridgehead atoms. The first kappa shape index (κ1) is 20.4. The third kappa shape index (κ3) is 3.79. The fourth-order valence-electron chi connectivity index (χ4n) is 5.51. The van der Waals surface area contributed by atoms with Gasteiger partial charge in [-0.2, -0.15) is 0 Å². The van der Waals surface area contributed by atoms with Gasteiger partial charge in [-0.1, -0.05) is 46.3 Å². The Labute approximate surface area is 185 Å². The minimum Gasteiger partial charge on any atom is -0.395 e. The number of rotatable bonds is 4. The Bertz CT molecular complexity index is 896. The minimum atomic E-state index is -0.246. The first-order valence-electron chi connectivity index (χ1n) is 10.9. The summed E-state index contributed by atoms with van der Waals surface area (Å²) in [6, 6.07) is 14.1. The van der Waals surface area contributed by atoms with Gasteiger partial charge in [0.2, 0.25) is 0 Å². The minimum absolute atomic E-state index is 0.0253. The predicted octanol–water partition coefficient (Wildman–Crippen LogP) is 5.05. The topological polar surface area (TPSA) is 44.7 Å². The lowest BCUT2D eigenvalue weighted by Crippen LogP contribution is -2.45. The Morgan fingerprint density at radius 2 is 2.00 bits per heavy atom. The van der Waals surface area contributed by atoms with Crippen molar-refractivity contribution in [1.29, 1.82) is 0 Å². The van der Waals surface area contributed by atoms with Crippen LogP contribution in [0.4, 0.5) is 10.1 Å². The van der Waals surface area contributed by atoms with Crippen molar-refractivity contribution in [3.8, 4) is 0 Å². The van der Waals surface area contributed by atoms with Crippen LogP contribution in [0.2, 0.25) is 0 Å². The van der Waals surface area contributed by atoms with E-state index in [9.17, 15) is 9.50 Å². The van der Waals surface area contributed by atoms with Gasteiger partial charge >= 0.3 is 0 Å². The van der Waals surface area contributed by atoms with Gasteiger partial charge in [0.1, 0.15) is 5.82 Å². The molecule has 160 valence electrons. The number of nitrogens with one attached hydrogen (secondary N) is 1. The molecule has 2 aromatic rings. The van der Waals surface area contributed by atoms with E-state index in [-0.39, 0.29) is 42.6 Å². The number of ether oxygens (including phenoxy) is 1. The van der Waals surface area contributed by atoms with Gasteiger partial charge in [0.05, 0.1) is 30.5 Å². The van der Waals surface area contributed by atoms with E-state index >= 15 is 0 Å². The maximum Gasteiger partial charge on any atom is 0.147 e. The van der Waals surface area contributed by atoms with Crippen LogP contribution in [-0.4, -0.2) is 41.8 Å². The summed E-state index contributed by atoms with van der Waals surface area (Å²) in [5.41, 5.74) is 2.63. The summed E-state index contributed by atoms with van der Waals surface area (Å²) in [7, 11) is 0. The zero-order valence-electron chi connectivity index (χ0n) is 16.9. The zero-order valence-corrected chi connectivity index (χ0v) is 18.5. The van der Waals surface area contributed by atoms with Crippen molar-refractivity contribution in [2.24, 2.45) is 5.92 Å². The third-order valence-electron chi connectivity index (χ3n) is 6.98. The molecule has 6 heteroatoms. The van der Waals surface area contributed by atoms with Crippen LogP contribution in [0.1, 0.15) is 49.0 Å². The monoisotopic (exact) mass is 474 g/mol. The van der Waals surface area contributed by atoms with Gasteiger partial charge in [-0.25, -0.2) is 4.39 Å². The van der Waals surface area contributed by atoms with Crippen molar-refractivity contribution in [3.05, 3.63) is 63.9 Å². The van der Waals surface area contributed by atoms with Crippen LogP contribution >= 0.6 is 15.9 Å². The molecule has 2 aromatic carbocycles. The number of aliphatic hydroxyl groups is 1. The van der Waals surface area contributed by atoms with Crippen molar-refractivity contribution >= 4 is 21.6 Å². The highest BCUT2D eigenvalue weighted by Gasteiger charge is 2.44. The summed E-state index contributed by atoms with van der Waals surface area (Å²) in [6.45, 7) is 2.06. The fraction of sp³-hybridized carbons (Fsp3) is 0.500. The number of hydrogen-bond acceptors (Lipinski definition) is 4. The zero-order chi connectivity index (χ0) is 20.7. The largest absolute Gasteiger partial charge is 0.395 e. The summed E-state index contributed by atoms with van der Waals surface area (Å²) in [5.74, 6) is 0.00133. The Kier molecular flexibility index (Phi) is 5.84. The number of aliphatic hydroxyl groups excluding tert-OH is 1. The molecular formula is C24H28BrFN2O2. The molecule has 3 aliphatic heterocycles. The fourth-order valence-corrected chi connectivity index (χ4v) is 5.96. The van der Waals surface area contributed by atoms with Crippen molar-refractivity contribution in [3.63, 3.8) is 0 Å². The van der Waals surface area contributed by atoms with Crippen molar-refractivity contribution in [2.45, 2.75) is 50.0 Å². The Balaban J connectivity index is 1.45. The SMILES string of the molecule is OC[C@@H]1CCCN1C[C@H]1CC[C@@H]2[C@H](O1)c1cc(Br)cc(F)c1N[C@H]2c1ccccc1. The molecule has 2 fully saturated rings. The summed E-state index contributed by atoms with van der Waals surface area (Å²) in [5, 5.41) is 13.2. The molecule has 5 atom stereocenters. The number of hydrogen-bond donors (Lipinski definition) is 2. The molecule has 0 amide bonds. The lowest BCUT2D eigenvalue weighted by Gasteiger charge is -2.46. The van der Waals surface area contributed by atoms with Gasteiger partial charge in [0, 0.05) is 28.5 Å². The molecule has 0 radical (unpaired) electrons. The molecule has 3 heterocycles. The normalized spacial score (nSPS) is 31.1. The van der Waals surface area contributed by atoms with Crippen molar-refractivity contribution in [1.82, 2.24) is 4.90 Å². The van der Waals surface area contributed by atoms with Gasteiger partial charge in [-0.3, -0.25) is 4.90 Å². The van der Waals surface area contributed by atoms with Gasteiger partial charge in [-0.05, 0) is 49.9 Å². The number of fused-ring (bicyclic) bond motifs is 3. The molecule has 2 N–H and O–H groups in total. The predicted molar refractivity (Wildman–Crippen MR) is 119 cm³/mol. The average Bonchev–Trinajstić information content (AvgIpc) is 3.21. The van der Waals surface area contributed by atoms with E-state index in [0.717, 1.165) is 48.8 Å². The molecule has 4 nitrogen and oxygen atoms in total. The Morgan fingerprint density at radius 1 is 1.17 bits per heavy atom. The molecule has 0 unspecified atom stereocenters. The molecule has 30 heavy (non-hydrogen) atoms. The van der Waals surface area contributed by atoms with Crippen LogP contribution in [-0.2, 0) is 4.74 Å². The van der Waals surface area contributed by atoms with E-state index in [2.05, 4.69) is 38.3 Å². The van der Waals surface area contributed by atoms with Gasteiger partial charge in [-0.15, -0.1) is 0 Å². The molecule has 0 aromatic heterocycles. The number of likely N-dealkylation sites (tertiary alicyclic amines) is 1. The van der Waals surface area contributed by atoms with E-state index in [4.69, 9.17) is 4.74 Å². The second kappa shape index (κ2) is 8.58. The van der Waals surface area contributed by atoms with E-state index in [1.54, 1.807) is 0 Å². The molecule has 0 aliphatic carbocycles. The second-order valence-electron chi connectivity index (χ2n) is 8.78. The van der Waals surface area contributed by atoms with Crippen LogP contribution in [0.25, 0.3) is 0 Å². The molecular weight excluding hydrogens is 447 g/mol. The molecule has 5 rings (SSSR count). The lowest BCUT2D eigenvalue weighted by molar-refractivity contribution is -0.105. The highest BCUT2D eigenvalue weighted by Crippen LogP contribution is 2.51. The lowest BCUT2D eigenvalue weighted by atomic mass is 9.76. The number of anilines is 1. The van der Waals surface area contributed by atoms with Crippen LogP contribution in [0, 0.1) is 11.7 Å². The molecule has 3 aliphatic rings. The van der Waals surface area contributed by atoms with Gasteiger partial charge in [0.15, 0.2) is 0 Å². The molecule has 2 saturated heterocycles. The maximum absolute atomic E-state index is 14.9. The number of halogens is 2. The summed E-state index contributed by atoms with van der Waals surface area (Å²) in [4.78, 5) is 2.36. The Hall–Kier alpha value is -1.47. The van der Waals surface area contributed by atoms with E-state index in [1.165, 1.54) is 11.6 Å². The van der Waals surface area contributed by atoms with Crippen LogP contribution in [0.5, 0.6) is 0 Å². The van der Waals surface area contributed by atoms with E-state index in [0.29, 0.717) is 5.69 Å². The number of nitrogens with zero attached hydrogens (tertiary/aromatic N) is 1. The quantitative estimate of drug-likeness (QED) is 0.650. The van der Waals surface area contributed by atoms with Gasteiger partial charge < -0.3 is 15.2 Å². The number of benzene rings is 2.